The monoisotopic (exact) mass is 851 g/mol. The zero-order valence-electron chi connectivity index (χ0n) is 33.0. The molecule has 6 heteroatoms. The Balaban J connectivity index is 0.000000123. The van der Waals surface area contributed by atoms with E-state index in [0.29, 0.717) is 0 Å². The van der Waals surface area contributed by atoms with Gasteiger partial charge in [-0.05, 0) is 230 Å². The highest BCUT2D eigenvalue weighted by molar-refractivity contribution is 9.11. The Morgan fingerprint density at radius 2 is 1.02 bits per heavy atom. The molecule has 0 bridgehead atoms. The van der Waals surface area contributed by atoms with Crippen molar-refractivity contribution < 1.29 is 4.79 Å². The van der Waals surface area contributed by atoms with Gasteiger partial charge in [0, 0.05) is 32.9 Å². The highest BCUT2D eigenvalue weighted by atomic mass is 79.9. The van der Waals surface area contributed by atoms with E-state index in [-0.39, 0.29) is 5.91 Å². The Morgan fingerprint density at radius 1 is 0.556 bits per heavy atom. The highest BCUT2D eigenvalue weighted by Crippen LogP contribution is 2.37. The molecule has 0 aromatic heterocycles. The van der Waals surface area contributed by atoms with Crippen molar-refractivity contribution >= 4 is 60.9 Å². The summed E-state index contributed by atoms with van der Waals surface area (Å²) >= 11 is 7.37. The molecule has 0 radical (unpaired) electrons. The number of fused-ring (bicyclic) bond motifs is 5. The van der Waals surface area contributed by atoms with Crippen LogP contribution in [-0.4, -0.2) is 5.91 Å². The summed E-state index contributed by atoms with van der Waals surface area (Å²) in [6, 6.07) is 13.4. The summed E-state index contributed by atoms with van der Waals surface area (Å²) in [5.41, 5.74) is 33.2. The minimum Gasteiger partial charge on any atom is -0.399 e. The van der Waals surface area contributed by atoms with Crippen molar-refractivity contribution in [2.45, 2.75) is 137 Å². The molecule has 4 aromatic rings. The Bertz CT molecular complexity index is 2010. The molecule has 1 amide bonds. The Morgan fingerprint density at radius 3 is 1.61 bits per heavy atom. The van der Waals surface area contributed by atoms with Crippen LogP contribution in [-0.2, 0) is 62.6 Å². The van der Waals surface area contributed by atoms with Crippen molar-refractivity contribution in [3.63, 3.8) is 0 Å². The van der Waals surface area contributed by atoms with Crippen molar-refractivity contribution in [1.29, 1.82) is 0 Å². The van der Waals surface area contributed by atoms with E-state index in [1.807, 2.05) is 0 Å². The molecule has 0 saturated heterocycles. The molecule has 0 heterocycles. The number of anilines is 3. The molecule has 0 atom stereocenters. The molecule has 5 aliphatic rings. The van der Waals surface area contributed by atoms with Gasteiger partial charge in [0.25, 0.3) is 0 Å². The number of amides is 1. The Labute approximate surface area is 341 Å². The maximum atomic E-state index is 11.0. The zero-order chi connectivity index (χ0) is 38.4. The first-order chi connectivity index (χ1) is 26.0. The molecular formula is C48H59Br2N3O. The number of aryl methyl sites for hydroxylation is 9. The minimum atomic E-state index is 0.00820. The van der Waals surface area contributed by atoms with Crippen LogP contribution >= 0.6 is 31.9 Å². The molecule has 5 aliphatic carbocycles. The molecule has 54 heavy (non-hydrogen) atoms. The normalized spacial score (nSPS) is 16.0. The van der Waals surface area contributed by atoms with E-state index in [1.165, 1.54) is 162 Å². The van der Waals surface area contributed by atoms with Gasteiger partial charge in [-0.25, -0.2) is 0 Å². The molecular weight excluding hydrogens is 794 g/mol. The number of carbonyl (C=O) groups is 1. The van der Waals surface area contributed by atoms with Crippen molar-refractivity contribution in [1.82, 2.24) is 0 Å². The number of halogens is 2. The number of allylic oxidation sites excluding steroid dienone is 1. The molecule has 0 aliphatic heterocycles. The van der Waals surface area contributed by atoms with E-state index in [0.717, 1.165) is 34.4 Å². The van der Waals surface area contributed by atoms with Crippen molar-refractivity contribution in [2.75, 3.05) is 16.8 Å². The Hall–Kier alpha value is -3.35. The molecule has 286 valence electrons. The van der Waals surface area contributed by atoms with Crippen molar-refractivity contribution in [2.24, 2.45) is 0 Å². The van der Waals surface area contributed by atoms with Crippen LogP contribution in [0.5, 0.6) is 0 Å². The molecule has 0 spiro atoms. The Kier molecular flexibility index (Phi) is 13.8. The average molecular weight is 854 g/mol. The maximum Gasteiger partial charge on any atom is 0.221 e. The van der Waals surface area contributed by atoms with E-state index in [4.69, 9.17) is 11.5 Å². The van der Waals surface area contributed by atoms with Crippen LogP contribution in [0.25, 0.3) is 6.08 Å². The summed E-state index contributed by atoms with van der Waals surface area (Å²) < 4.78 is 2.54. The van der Waals surface area contributed by atoms with Crippen LogP contribution in [0.2, 0.25) is 0 Å². The van der Waals surface area contributed by atoms with Crippen LogP contribution in [0.4, 0.5) is 17.1 Å². The van der Waals surface area contributed by atoms with Crippen LogP contribution in [0.3, 0.4) is 0 Å². The number of nitrogens with two attached hydrogens (primary N) is 2. The third-order valence-electron chi connectivity index (χ3n) is 11.9. The van der Waals surface area contributed by atoms with E-state index in [9.17, 15) is 4.79 Å². The highest BCUT2D eigenvalue weighted by Gasteiger charge is 2.19. The van der Waals surface area contributed by atoms with Crippen LogP contribution < -0.4 is 16.8 Å². The third kappa shape index (κ3) is 9.71. The van der Waals surface area contributed by atoms with Gasteiger partial charge in [0.15, 0.2) is 0 Å². The number of benzene rings is 4. The number of hydrogen-bond acceptors (Lipinski definition) is 3. The quantitative estimate of drug-likeness (QED) is 0.167. The van der Waals surface area contributed by atoms with Gasteiger partial charge in [0.1, 0.15) is 0 Å². The predicted octanol–water partition coefficient (Wildman–Crippen LogP) is 12.4. The summed E-state index contributed by atoms with van der Waals surface area (Å²) in [7, 11) is 0. The molecule has 5 N–H and O–H groups in total. The van der Waals surface area contributed by atoms with Crippen molar-refractivity contribution in [3.05, 3.63) is 124 Å². The van der Waals surface area contributed by atoms with Gasteiger partial charge in [-0.3, -0.25) is 4.79 Å². The number of nitrogens with one attached hydrogen (secondary N) is 1. The van der Waals surface area contributed by atoms with Gasteiger partial charge in [0.05, 0.1) is 0 Å². The first kappa shape index (κ1) is 40.3. The fourth-order valence-corrected chi connectivity index (χ4v) is 10.4. The molecule has 4 nitrogen and oxygen atoms in total. The lowest BCUT2D eigenvalue weighted by atomic mass is 9.88. The summed E-state index contributed by atoms with van der Waals surface area (Å²) in [5.74, 6) is 0.00820. The van der Waals surface area contributed by atoms with E-state index in [2.05, 4.69) is 106 Å². The molecule has 4 aromatic carbocycles. The zero-order valence-corrected chi connectivity index (χ0v) is 36.1. The largest absolute Gasteiger partial charge is 0.399 e. The van der Waals surface area contributed by atoms with Crippen LogP contribution in [0, 0.1) is 20.8 Å². The summed E-state index contributed by atoms with van der Waals surface area (Å²) in [6.07, 6.45) is 26.0. The second-order valence-electron chi connectivity index (χ2n) is 16.0. The molecule has 0 fully saturated rings. The number of hydrogen-bond donors (Lipinski definition) is 3. The predicted molar refractivity (Wildman–Crippen MR) is 238 cm³/mol. The summed E-state index contributed by atoms with van der Waals surface area (Å²) in [6.45, 7) is 7.78. The van der Waals surface area contributed by atoms with E-state index in [1.54, 1.807) is 18.1 Å². The third-order valence-corrected chi connectivity index (χ3v) is 13.8. The van der Waals surface area contributed by atoms with Crippen LogP contribution in [0.1, 0.15) is 131 Å². The lowest BCUT2D eigenvalue weighted by Crippen LogP contribution is -2.10. The summed E-state index contributed by atoms with van der Waals surface area (Å²) in [5, 5.41) is 2.88. The first-order valence-corrected chi connectivity index (χ1v) is 21.9. The van der Waals surface area contributed by atoms with Gasteiger partial charge in [-0.2, -0.15) is 0 Å². The van der Waals surface area contributed by atoms with Crippen LogP contribution in [0.15, 0.2) is 51.4 Å². The average Bonchev–Trinajstić information content (AvgIpc) is 3.65. The second kappa shape index (κ2) is 18.5. The minimum absolute atomic E-state index is 0.00820. The molecule has 0 saturated carbocycles. The van der Waals surface area contributed by atoms with E-state index >= 15 is 0 Å². The first-order valence-electron chi connectivity index (χ1n) is 20.3. The van der Waals surface area contributed by atoms with Gasteiger partial charge in [-0.15, -0.1) is 0 Å². The lowest BCUT2D eigenvalue weighted by Gasteiger charge is -2.19. The smallest absolute Gasteiger partial charge is 0.221 e. The van der Waals surface area contributed by atoms with E-state index < -0.39 is 0 Å². The van der Waals surface area contributed by atoms with Gasteiger partial charge in [-0.1, -0.05) is 52.3 Å². The standard InChI is InChI=1S/C13H13Br.C13H17NO.C11H14BrN.C11H15N/c14-13-11-6-2-1-4-9(11)8-10-5-3-7-12(10)13;1-9-7-11-5-3-4-6-12(11)8-13(9)14-10(2)15;1-7-6-8-4-2-3-5-9(8)10(12)11(7)13;1-8-6-9-4-2-3-5-10(9)7-11(8)12/h3,5,8H,1-2,4,6-7H2;7-8H,3-6H2,1-2H3,(H,14,15);6H,2-5,13H2,1H3;6-7H,2-5,12H2,1H3. The lowest BCUT2D eigenvalue weighted by molar-refractivity contribution is -0.114. The molecule has 0 unspecified atom stereocenters. The van der Waals surface area contributed by atoms with Crippen molar-refractivity contribution in [3.8, 4) is 0 Å². The molecule has 9 rings (SSSR count). The number of nitrogen functional groups attached to an aromatic ring is 2. The number of rotatable bonds is 1. The second-order valence-corrected chi connectivity index (χ2v) is 17.6. The van der Waals surface area contributed by atoms with Gasteiger partial charge >= 0.3 is 0 Å². The number of carbonyl (C=O) groups excluding carboxylic acids is 1. The maximum absolute atomic E-state index is 11.0. The SMILES string of the molecule is Brc1c2c(cc3c1CCCC3)C=CC2.CC(=O)Nc1cc2c(cc1C)CCCC2.Cc1cc2c(c(Br)c1N)CCCC2.Cc1cc2c(cc1N)CCCC2. The summed E-state index contributed by atoms with van der Waals surface area (Å²) in [4.78, 5) is 11.0. The van der Waals surface area contributed by atoms with Gasteiger partial charge < -0.3 is 16.8 Å². The van der Waals surface area contributed by atoms with Gasteiger partial charge in [0.2, 0.25) is 5.91 Å². The topological polar surface area (TPSA) is 81.1 Å². The fraction of sp³-hybridized carbons (Fsp3) is 0.438. The fourth-order valence-electron chi connectivity index (χ4n) is 8.76.